The van der Waals surface area contributed by atoms with Crippen LogP contribution in [0.15, 0.2) is 30.5 Å². The van der Waals surface area contributed by atoms with Crippen molar-refractivity contribution < 1.29 is 9.18 Å². The van der Waals surface area contributed by atoms with Crippen LogP contribution in [0.4, 0.5) is 15.9 Å². The first-order valence-electron chi connectivity index (χ1n) is 10.0. The van der Waals surface area contributed by atoms with Gasteiger partial charge in [0.05, 0.1) is 18.0 Å². The van der Waals surface area contributed by atoms with Gasteiger partial charge in [-0.3, -0.25) is 9.48 Å². The van der Waals surface area contributed by atoms with Gasteiger partial charge in [-0.1, -0.05) is 12.1 Å². The number of hydrogen-bond donors (Lipinski definition) is 2. The van der Waals surface area contributed by atoms with Crippen LogP contribution in [0, 0.1) is 17.2 Å². The molecule has 2 fully saturated rings. The fourth-order valence-electron chi connectivity index (χ4n) is 4.27. The SMILES string of the molecule is N#C[C@H]1C[C@H](N2CCC2)CC[C@@H]1n1cc(C(N)=O)c(Nc2ccc(CF)cc2)n1. The van der Waals surface area contributed by atoms with Gasteiger partial charge >= 0.3 is 0 Å². The van der Waals surface area contributed by atoms with Crippen LogP contribution >= 0.6 is 0 Å². The number of rotatable bonds is 6. The van der Waals surface area contributed by atoms with E-state index in [2.05, 4.69) is 21.4 Å². The maximum Gasteiger partial charge on any atom is 0.254 e. The zero-order chi connectivity index (χ0) is 20.4. The molecule has 29 heavy (non-hydrogen) atoms. The number of halogens is 1. The first kappa shape index (κ1) is 19.4. The number of alkyl halides is 1. The molecule has 3 atom stereocenters. The standard InChI is InChI=1S/C21H25FN6O/c22-11-14-2-4-16(5-3-14)25-21-18(20(24)29)13-28(26-21)19-7-6-17(10-15(19)12-23)27-8-1-9-27/h2-5,13,15,17,19H,1,6-11H2,(H2,24,29)(H,25,26)/t15-,17-,19+/m1/s1. The van der Waals surface area contributed by atoms with Crippen LogP contribution in [0.1, 0.15) is 47.6 Å². The van der Waals surface area contributed by atoms with Gasteiger partial charge in [0.25, 0.3) is 5.91 Å². The highest BCUT2D eigenvalue weighted by atomic mass is 19.1. The van der Waals surface area contributed by atoms with Gasteiger partial charge in [0.1, 0.15) is 12.2 Å². The van der Waals surface area contributed by atoms with Gasteiger partial charge < -0.3 is 16.0 Å². The molecule has 2 heterocycles. The monoisotopic (exact) mass is 396 g/mol. The van der Waals surface area contributed by atoms with Gasteiger partial charge in [0.15, 0.2) is 5.82 Å². The Kier molecular flexibility index (Phi) is 5.49. The number of amides is 1. The topological polar surface area (TPSA) is 100.0 Å². The zero-order valence-corrected chi connectivity index (χ0v) is 16.2. The number of benzene rings is 1. The molecule has 152 valence electrons. The third-order valence-corrected chi connectivity index (χ3v) is 6.07. The largest absolute Gasteiger partial charge is 0.365 e. The minimum atomic E-state index is -0.582. The van der Waals surface area contributed by atoms with E-state index in [1.165, 1.54) is 6.42 Å². The Labute approximate surface area is 169 Å². The minimum absolute atomic E-state index is 0.0832. The van der Waals surface area contributed by atoms with Crippen LogP contribution in [0.3, 0.4) is 0 Å². The second-order valence-corrected chi connectivity index (χ2v) is 7.85. The molecule has 1 saturated carbocycles. The van der Waals surface area contributed by atoms with Crippen molar-refractivity contribution in [3.63, 3.8) is 0 Å². The highest BCUT2D eigenvalue weighted by Gasteiger charge is 2.36. The predicted octanol–water partition coefficient (Wildman–Crippen LogP) is 3.13. The molecule has 0 bridgehead atoms. The van der Waals surface area contributed by atoms with E-state index in [0.29, 0.717) is 23.1 Å². The van der Waals surface area contributed by atoms with Gasteiger partial charge in [-0.15, -0.1) is 0 Å². The van der Waals surface area contributed by atoms with Crippen molar-refractivity contribution in [3.8, 4) is 6.07 Å². The second kappa shape index (κ2) is 8.21. The first-order chi connectivity index (χ1) is 14.1. The summed E-state index contributed by atoms with van der Waals surface area (Å²) >= 11 is 0. The Hall–Kier alpha value is -2.92. The number of aromatic nitrogens is 2. The summed E-state index contributed by atoms with van der Waals surface area (Å²) in [7, 11) is 0. The summed E-state index contributed by atoms with van der Waals surface area (Å²) in [6.07, 6.45) is 5.55. The fraction of sp³-hybridized carbons (Fsp3) is 0.476. The first-order valence-corrected chi connectivity index (χ1v) is 10.0. The third kappa shape index (κ3) is 3.96. The number of carbonyl (C=O) groups excluding carboxylic acids is 1. The van der Waals surface area contributed by atoms with E-state index in [9.17, 15) is 14.4 Å². The summed E-state index contributed by atoms with van der Waals surface area (Å²) in [6, 6.07) is 9.63. The van der Waals surface area contributed by atoms with Crippen LogP contribution in [-0.2, 0) is 6.67 Å². The highest BCUT2D eigenvalue weighted by molar-refractivity contribution is 5.98. The molecule has 2 aromatic rings. The molecular formula is C21H25FN6O. The summed E-state index contributed by atoms with van der Waals surface area (Å²) in [5, 5.41) is 17.4. The molecular weight excluding hydrogens is 371 g/mol. The normalized spacial score (nSPS) is 24.5. The number of primary amides is 1. The number of hydrogen-bond acceptors (Lipinski definition) is 5. The lowest BCUT2D eigenvalue weighted by atomic mass is 9.81. The smallest absolute Gasteiger partial charge is 0.254 e. The quantitative estimate of drug-likeness (QED) is 0.781. The molecule has 7 nitrogen and oxygen atoms in total. The summed E-state index contributed by atoms with van der Waals surface area (Å²) < 4.78 is 14.4. The van der Waals surface area contributed by atoms with E-state index in [4.69, 9.17) is 5.73 Å². The molecule has 1 amide bonds. The molecule has 1 saturated heterocycles. The fourth-order valence-corrected chi connectivity index (χ4v) is 4.27. The van der Waals surface area contributed by atoms with E-state index < -0.39 is 12.6 Å². The van der Waals surface area contributed by atoms with Crippen LogP contribution in [0.5, 0.6) is 0 Å². The number of nitrogens with zero attached hydrogens (tertiary/aromatic N) is 4. The maximum atomic E-state index is 12.7. The average Bonchev–Trinajstić information content (AvgIpc) is 3.11. The number of likely N-dealkylation sites (tertiary alicyclic amines) is 1. The van der Waals surface area contributed by atoms with Crippen molar-refractivity contribution in [2.75, 3.05) is 18.4 Å². The van der Waals surface area contributed by atoms with E-state index in [1.807, 2.05) is 0 Å². The van der Waals surface area contributed by atoms with E-state index in [1.54, 1.807) is 35.1 Å². The van der Waals surface area contributed by atoms with Crippen molar-refractivity contribution in [2.45, 2.75) is 44.4 Å². The Morgan fingerprint density at radius 3 is 2.66 bits per heavy atom. The molecule has 1 aromatic heterocycles. The van der Waals surface area contributed by atoms with Crippen molar-refractivity contribution >= 4 is 17.4 Å². The summed E-state index contributed by atoms with van der Waals surface area (Å²) in [6.45, 7) is 1.71. The van der Waals surface area contributed by atoms with Crippen LogP contribution in [0.2, 0.25) is 0 Å². The number of nitriles is 1. The molecule has 4 rings (SSSR count). The molecule has 8 heteroatoms. The molecule has 0 radical (unpaired) electrons. The lowest BCUT2D eigenvalue weighted by Gasteiger charge is -2.43. The Morgan fingerprint density at radius 1 is 1.31 bits per heavy atom. The lowest BCUT2D eigenvalue weighted by molar-refractivity contribution is 0.0649. The molecule has 3 N–H and O–H groups in total. The molecule has 0 spiro atoms. The number of nitrogens with two attached hydrogens (primary N) is 1. The summed E-state index contributed by atoms with van der Waals surface area (Å²) in [5.74, 6) is -0.388. The van der Waals surface area contributed by atoms with Gasteiger partial charge in [0, 0.05) is 17.9 Å². The summed E-state index contributed by atoms with van der Waals surface area (Å²) in [4.78, 5) is 14.4. The number of nitrogens with one attached hydrogen (secondary N) is 1. The van der Waals surface area contributed by atoms with Crippen LogP contribution in [-0.4, -0.2) is 39.7 Å². The maximum absolute atomic E-state index is 12.7. The van der Waals surface area contributed by atoms with Gasteiger partial charge in [0.2, 0.25) is 0 Å². The van der Waals surface area contributed by atoms with E-state index >= 15 is 0 Å². The van der Waals surface area contributed by atoms with Gasteiger partial charge in [-0.2, -0.15) is 10.4 Å². The zero-order valence-electron chi connectivity index (χ0n) is 16.2. The molecule has 2 aliphatic rings. The highest BCUT2D eigenvalue weighted by Crippen LogP contribution is 2.37. The third-order valence-electron chi connectivity index (χ3n) is 6.07. The number of carbonyl (C=O) groups is 1. The van der Waals surface area contributed by atoms with Crippen molar-refractivity contribution in [1.82, 2.24) is 14.7 Å². The molecule has 0 unspecified atom stereocenters. The Balaban J connectivity index is 1.55. The Morgan fingerprint density at radius 2 is 2.07 bits per heavy atom. The average molecular weight is 396 g/mol. The molecule has 1 aromatic carbocycles. The lowest BCUT2D eigenvalue weighted by Crippen LogP contribution is -2.48. The predicted molar refractivity (Wildman–Crippen MR) is 107 cm³/mol. The molecule has 1 aliphatic carbocycles. The van der Waals surface area contributed by atoms with Crippen molar-refractivity contribution in [1.29, 1.82) is 5.26 Å². The van der Waals surface area contributed by atoms with Crippen LogP contribution < -0.4 is 11.1 Å². The van der Waals surface area contributed by atoms with E-state index in [0.717, 1.165) is 32.4 Å². The Bertz CT molecular complexity index is 914. The number of anilines is 2. The van der Waals surface area contributed by atoms with Crippen LogP contribution in [0.25, 0.3) is 0 Å². The van der Waals surface area contributed by atoms with Gasteiger partial charge in [-0.05, 0) is 56.5 Å². The van der Waals surface area contributed by atoms with Gasteiger partial charge in [-0.25, -0.2) is 4.39 Å². The molecule has 1 aliphatic heterocycles. The van der Waals surface area contributed by atoms with Crippen molar-refractivity contribution in [3.05, 3.63) is 41.6 Å². The second-order valence-electron chi connectivity index (χ2n) is 7.85. The summed E-state index contributed by atoms with van der Waals surface area (Å²) in [5.41, 5.74) is 7.10. The van der Waals surface area contributed by atoms with E-state index in [-0.39, 0.29) is 17.5 Å². The minimum Gasteiger partial charge on any atom is -0.365 e. The van der Waals surface area contributed by atoms with Crippen molar-refractivity contribution in [2.24, 2.45) is 11.7 Å².